The molecule has 0 amide bonds. The first-order chi connectivity index (χ1) is 15.9. The number of hydrazone groups is 1. The Morgan fingerprint density at radius 3 is 2.39 bits per heavy atom. The molecule has 0 unspecified atom stereocenters. The number of para-hydroxylation sites is 1. The first-order valence-electron chi connectivity index (χ1n) is 10.7. The van der Waals surface area contributed by atoms with E-state index in [0.29, 0.717) is 17.0 Å². The van der Waals surface area contributed by atoms with Gasteiger partial charge in [-0.15, -0.1) is 0 Å². The molecule has 0 radical (unpaired) electrons. The van der Waals surface area contributed by atoms with Gasteiger partial charge in [0.1, 0.15) is 5.84 Å². The third-order valence-corrected chi connectivity index (χ3v) is 5.58. The maximum Gasteiger partial charge on any atom is 0.185 e. The van der Waals surface area contributed by atoms with Gasteiger partial charge >= 0.3 is 0 Å². The zero-order valence-corrected chi connectivity index (χ0v) is 19.6. The monoisotopic (exact) mass is 456 g/mol. The summed E-state index contributed by atoms with van der Waals surface area (Å²) in [6, 6.07) is 22.9. The molecule has 3 aromatic carbocycles. The molecule has 33 heavy (non-hydrogen) atoms. The van der Waals surface area contributed by atoms with E-state index in [4.69, 9.17) is 16.6 Å². The summed E-state index contributed by atoms with van der Waals surface area (Å²) in [5, 5.41) is 6.98. The SMILES string of the molecule is CC1=NN(c2ccccc2Cl)C(=Nc2ccc(C(=O)/C=C/c3ccc(N(C)C)cc3)cc2)C1. The van der Waals surface area contributed by atoms with Crippen LogP contribution in [0.2, 0.25) is 5.02 Å². The van der Waals surface area contributed by atoms with E-state index in [0.717, 1.165) is 34.2 Å². The van der Waals surface area contributed by atoms with Gasteiger partial charge in [-0.2, -0.15) is 5.10 Å². The summed E-state index contributed by atoms with van der Waals surface area (Å²) in [4.78, 5) is 19.4. The van der Waals surface area contributed by atoms with Crippen LogP contribution < -0.4 is 9.91 Å². The molecule has 0 atom stereocenters. The van der Waals surface area contributed by atoms with E-state index < -0.39 is 0 Å². The second-order valence-corrected chi connectivity index (χ2v) is 8.44. The van der Waals surface area contributed by atoms with Crippen LogP contribution in [0.4, 0.5) is 17.1 Å². The van der Waals surface area contributed by atoms with Crippen LogP contribution in [0.5, 0.6) is 0 Å². The zero-order chi connectivity index (χ0) is 23.4. The first-order valence-corrected chi connectivity index (χ1v) is 11.0. The molecule has 0 bridgehead atoms. The van der Waals surface area contributed by atoms with Crippen molar-refractivity contribution in [3.8, 4) is 0 Å². The maximum atomic E-state index is 12.6. The minimum atomic E-state index is -0.0522. The van der Waals surface area contributed by atoms with Gasteiger partial charge in [-0.3, -0.25) is 4.79 Å². The average molecular weight is 457 g/mol. The third-order valence-electron chi connectivity index (χ3n) is 5.26. The van der Waals surface area contributed by atoms with Gasteiger partial charge in [0.2, 0.25) is 0 Å². The van der Waals surface area contributed by atoms with Gasteiger partial charge in [-0.25, -0.2) is 10.0 Å². The second kappa shape index (κ2) is 9.84. The molecule has 3 aromatic rings. The number of benzene rings is 3. The number of rotatable bonds is 6. The van der Waals surface area contributed by atoms with Crippen molar-refractivity contribution in [2.75, 3.05) is 24.0 Å². The van der Waals surface area contributed by atoms with Gasteiger partial charge < -0.3 is 4.90 Å². The summed E-state index contributed by atoms with van der Waals surface area (Å²) >= 11 is 6.36. The van der Waals surface area contributed by atoms with Crippen molar-refractivity contribution in [2.45, 2.75) is 13.3 Å². The topological polar surface area (TPSA) is 48.3 Å². The van der Waals surface area contributed by atoms with Crippen LogP contribution in [0, 0.1) is 0 Å². The lowest BCUT2D eigenvalue weighted by Gasteiger charge is -2.16. The summed E-state index contributed by atoms with van der Waals surface area (Å²) in [6.07, 6.45) is 4.07. The standard InChI is InChI=1S/C27H25ClN4O/c1-19-18-27(32(30-19)25-7-5-4-6-24(25)28)29-22-13-11-21(12-14-22)26(33)17-10-20-8-15-23(16-9-20)31(2)3/h4-17H,18H2,1-3H3/b17-10+,29-27?. The van der Waals surface area contributed by atoms with Crippen molar-refractivity contribution in [3.63, 3.8) is 0 Å². The Hall–Kier alpha value is -3.70. The summed E-state index contributed by atoms with van der Waals surface area (Å²) in [5.74, 6) is 0.740. The first kappa shape index (κ1) is 22.5. The molecule has 0 fully saturated rings. The van der Waals surface area contributed by atoms with E-state index in [9.17, 15) is 4.79 Å². The fraction of sp³-hybridized carbons (Fsp3) is 0.148. The molecule has 166 valence electrons. The largest absolute Gasteiger partial charge is 0.378 e. The van der Waals surface area contributed by atoms with Crippen molar-refractivity contribution < 1.29 is 4.79 Å². The number of ketones is 1. The van der Waals surface area contributed by atoms with E-state index in [1.54, 1.807) is 23.2 Å². The van der Waals surface area contributed by atoms with Crippen molar-refractivity contribution >= 4 is 52.1 Å². The van der Waals surface area contributed by atoms with Crippen LogP contribution in [-0.2, 0) is 0 Å². The van der Waals surface area contributed by atoms with Crippen LogP contribution in [-0.4, -0.2) is 31.4 Å². The number of aliphatic imine (C=N–C) groups is 1. The molecule has 0 spiro atoms. The molecule has 0 aromatic heterocycles. The molecule has 0 aliphatic carbocycles. The average Bonchev–Trinajstić information content (AvgIpc) is 3.18. The molecule has 0 saturated carbocycles. The number of allylic oxidation sites excluding steroid dienone is 1. The predicted octanol–water partition coefficient (Wildman–Crippen LogP) is 6.62. The number of carbonyl (C=O) groups excluding carboxylic acids is 1. The highest BCUT2D eigenvalue weighted by Gasteiger charge is 2.22. The molecule has 6 heteroatoms. The van der Waals surface area contributed by atoms with E-state index in [1.165, 1.54) is 0 Å². The highest BCUT2D eigenvalue weighted by atomic mass is 35.5. The van der Waals surface area contributed by atoms with Gasteiger partial charge in [0.25, 0.3) is 0 Å². The Bertz CT molecular complexity index is 1240. The van der Waals surface area contributed by atoms with E-state index in [1.807, 2.05) is 92.7 Å². The Balaban J connectivity index is 1.48. The highest BCUT2D eigenvalue weighted by Crippen LogP contribution is 2.30. The molecule has 4 rings (SSSR count). The lowest BCUT2D eigenvalue weighted by Crippen LogP contribution is -2.20. The Morgan fingerprint density at radius 2 is 1.73 bits per heavy atom. The van der Waals surface area contributed by atoms with Crippen molar-refractivity contribution in [1.82, 2.24) is 0 Å². The van der Waals surface area contributed by atoms with Crippen molar-refractivity contribution in [1.29, 1.82) is 0 Å². The van der Waals surface area contributed by atoms with E-state index >= 15 is 0 Å². The lowest BCUT2D eigenvalue weighted by atomic mass is 10.1. The minimum Gasteiger partial charge on any atom is -0.378 e. The minimum absolute atomic E-state index is 0.0522. The number of anilines is 2. The molecular formula is C27H25ClN4O. The Morgan fingerprint density at radius 1 is 1.03 bits per heavy atom. The molecule has 1 aliphatic heterocycles. The predicted molar refractivity (Wildman–Crippen MR) is 139 cm³/mol. The summed E-state index contributed by atoms with van der Waals surface area (Å²) in [6.45, 7) is 1.97. The molecular weight excluding hydrogens is 432 g/mol. The van der Waals surface area contributed by atoms with Gasteiger partial charge in [0.15, 0.2) is 5.78 Å². The smallest absolute Gasteiger partial charge is 0.185 e. The maximum absolute atomic E-state index is 12.6. The quantitative estimate of drug-likeness (QED) is 0.309. The van der Waals surface area contributed by atoms with Gasteiger partial charge in [0.05, 0.1) is 16.4 Å². The Labute approximate surface area is 199 Å². The van der Waals surface area contributed by atoms with E-state index in [-0.39, 0.29) is 5.78 Å². The second-order valence-electron chi connectivity index (χ2n) is 8.03. The fourth-order valence-corrected chi connectivity index (χ4v) is 3.69. The van der Waals surface area contributed by atoms with Crippen LogP contribution in [0.25, 0.3) is 6.08 Å². The summed E-state index contributed by atoms with van der Waals surface area (Å²) in [5.41, 5.74) is 5.23. The number of nitrogens with zero attached hydrogens (tertiary/aromatic N) is 4. The van der Waals surface area contributed by atoms with Crippen molar-refractivity contribution in [2.24, 2.45) is 10.1 Å². The number of halogens is 1. The zero-order valence-electron chi connectivity index (χ0n) is 18.9. The third kappa shape index (κ3) is 5.38. The number of hydrogen-bond acceptors (Lipinski definition) is 4. The lowest BCUT2D eigenvalue weighted by molar-refractivity contribution is 0.104. The van der Waals surface area contributed by atoms with Crippen molar-refractivity contribution in [3.05, 3.63) is 95.0 Å². The molecule has 1 aliphatic rings. The van der Waals surface area contributed by atoms with Gasteiger partial charge in [-0.05, 0) is 67.1 Å². The molecule has 0 N–H and O–H groups in total. The van der Waals surface area contributed by atoms with Gasteiger partial charge in [-0.1, -0.05) is 41.9 Å². The highest BCUT2D eigenvalue weighted by molar-refractivity contribution is 6.34. The van der Waals surface area contributed by atoms with Crippen LogP contribution >= 0.6 is 11.6 Å². The summed E-state index contributed by atoms with van der Waals surface area (Å²) in [7, 11) is 4.00. The molecule has 0 saturated heterocycles. The molecule has 1 heterocycles. The Kier molecular flexibility index (Phi) is 6.71. The number of hydrogen-bond donors (Lipinski definition) is 0. The fourth-order valence-electron chi connectivity index (χ4n) is 3.47. The number of amidine groups is 1. The van der Waals surface area contributed by atoms with Gasteiger partial charge in [0, 0.05) is 37.5 Å². The van der Waals surface area contributed by atoms with Crippen LogP contribution in [0.3, 0.4) is 0 Å². The molecule has 5 nitrogen and oxygen atoms in total. The van der Waals surface area contributed by atoms with E-state index in [2.05, 4.69) is 5.10 Å². The van der Waals surface area contributed by atoms with Crippen LogP contribution in [0.15, 0.2) is 89.0 Å². The van der Waals surface area contributed by atoms with Crippen LogP contribution in [0.1, 0.15) is 29.3 Å². The number of carbonyl (C=O) groups is 1. The normalized spacial score (nSPS) is 14.7. The summed E-state index contributed by atoms with van der Waals surface area (Å²) < 4.78 is 0.